The largest absolute Gasteiger partial charge is 0.497 e. The lowest BCUT2D eigenvalue weighted by atomic mass is 10.1. The summed E-state index contributed by atoms with van der Waals surface area (Å²) in [5.74, 6) is 0.839. The summed E-state index contributed by atoms with van der Waals surface area (Å²) in [6.45, 7) is 0. The van der Waals surface area contributed by atoms with E-state index < -0.39 is 0 Å². The van der Waals surface area contributed by atoms with Gasteiger partial charge in [0.25, 0.3) is 0 Å². The number of aryl methyl sites for hydroxylation is 1. The number of benzene rings is 2. The van der Waals surface area contributed by atoms with Crippen LogP contribution < -0.4 is 10.1 Å². The zero-order chi connectivity index (χ0) is 20.2. The van der Waals surface area contributed by atoms with Crippen molar-refractivity contribution in [1.82, 2.24) is 9.38 Å². The summed E-state index contributed by atoms with van der Waals surface area (Å²) < 4.78 is 7.29. The Kier molecular flexibility index (Phi) is 5.87. The topological polar surface area (TPSA) is 55.6 Å². The molecule has 1 amide bonds. The Balaban J connectivity index is 1.45. The third-order valence-corrected chi connectivity index (χ3v) is 6.34. The minimum atomic E-state index is 0.0151. The number of para-hydroxylation sites is 1. The number of nitrogens with one attached hydrogen (secondary N) is 1. The Morgan fingerprint density at radius 1 is 1.21 bits per heavy atom. The molecule has 0 unspecified atom stereocenters. The molecule has 0 aliphatic rings. The Morgan fingerprint density at radius 2 is 2.00 bits per heavy atom. The number of carbonyl (C=O) groups excluding carboxylic acids is 1. The monoisotopic (exact) mass is 423 g/mol. The lowest BCUT2D eigenvalue weighted by Gasteiger charge is -2.09. The molecule has 2 heterocycles. The second-order valence-corrected chi connectivity index (χ2v) is 8.17. The number of aromatic nitrogens is 2. The fourth-order valence-corrected chi connectivity index (χ4v) is 4.57. The van der Waals surface area contributed by atoms with Crippen molar-refractivity contribution in [3.05, 3.63) is 65.8 Å². The van der Waals surface area contributed by atoms with Gasteiger partial charge in [0.15, 0.2) is 4.96 Å². The van der Waals surface area contributed by atoms with Gasteiger partial charge in [0, 0.05) is 34.2 Å². The van der Waals surface area contributed by atoms with Crippen molar-refractivity contribution in [2.75, 3.05) is 18.7 Å². The summed E-state index contributed by atoms with van der Waals surface area (Å²) in [7, 11) is 1.66. The van der Waals surface area contributed by atoms with Crippen LogP contribution in [0.3, 0.4) is 0 Å². The van der Waals surface area contributed by atoms with Crippen molar-refractivity contribution in [3.8, 4) is 17.0 Å². The molecule has 4 rings (SSSR count). The van der Waals surface area contributed by atoms with Gasteiger partial charge in [-0.1, -0.05) is 12.1 Å². The maximum Gasteiger partial charge on any atom is 0.224 e. The summed E-state index contributed by atoms with van der Waals surface area (Å²) >= 11 is 3.22. The van der Waals surface area contributed by atoms with Crippen LogP contribution in [0.15, 0.2) is 65.0 Å². The van der Waals surface area contributed by atoms with E-state index in [4.69, 9.17) is 9.72 Å². The Morgan fingerprint density at radius 3 is 2.76 bits per heavy atom. The highest BCUT2D eigenvalue weighted by atomic mass is 32.2. The molecule has 0 saturated heterocycles. The van der Waals surface area contributed by atoms with Gasteiger partial charge in [0.2, 0.25) is 5.91 Å². The number of imidazole rings is 1. The van der Waals surface area contributed by atoms with Crippen molar-refractivity contribution in [2.24, 2.45) is 0 Å². The van der Waals surface area contributed by atoms with E-state index in [9.17, 15) is 4.79 Å². The average molecular weight is 424 g/mol. The number of amides is 1. The van der Waals surface area contributed by atoms with E-state index in [1.807, 2.05) is 61.0 Å². The number of thiazole rings is 1. The first-order chi connectivity index (χ1) is 14.2. The smallest absolute Gasteiger partial charge is 0.224 e. The normalized spacial score (nSPS) is 11.0. The Bertz CT molecular complexity index is 1130. The molecule has 0 saturated carbocycles. The number of thioether (sulfide) groups is 1. The number of fused-ring (bicyclic) bond motifs is 1. The number of rotatable bonds is 7. The Labute approximate surface area is 177 Å². The van der Waals surface area contributed by atoms with E-state index in [0.29, 0.717) is 12.8 Å². The molecule has 0 bridgehead atoms. The zero-order valence-electron chi connectivity index (χ0n) is 16.2. The van der Waals surface area contributed by atoms with Crippen molar-refractivity contribution in [2.45, 2.75) is 17.7 Å². The summed E-state index contributed by atoms with van der Waals surface area (Å²) in [4.78, 5) is 19.2. The van der Waals surface area contributed by atoms with Gasteiger partial charge < -0.3 is 10.1 Å². The maximum atomic E-state index is 12.4. The van der Waals surface area contributed by atoms with E-state index >= 15 is 0 Å². The minimum Gasteiger partial charge on any atom is -0.497 e. The van der Waals surface area contributed by atoms with Crippen LogP contribution in [-0.2, 0) is 11.2 Å². The molecule has 0 aliphatic heterocycles. The van der Waals surface area contributed by atoms with E-state index in [0.717, 1.165) is 38.2 Å². The van der Waals surface area contributed by atoms with Gasteiger partial charge in [-0.25, -0.2) is 4.98 Å². The zero-order valence-corrected chi connectivity index (χ0v) is 17.8. The van der Waals surface area contributed by atoms with E-state index in [2.05, 4.69) is 15.1 Å². The molecule has 7 heteroatoms. The highest BCUT2D eigenvalue weighted by Gasteiger charge is 2.12. The molecule has 0 aliphatic carbocycles. The second kappa shape index (κ2) is 8.71. The lowest BCUT2D eigenvalue weighted by molar-refractivity contribution is -0.116. The molecule has 0 atom stereocenters. The van der Waals surface area contributed by atoms with Gasteiger partial charge in [-0.15, -0.1) is 23.1 Å². The highest BCUT2D eigenvalue weighted by Crippen LogP contribution is 2.27. The van der Waals surface area contributed by atoms with Gasteiger partial charge in [-0.2, -0.15) is 0 Å². The fourth-order valence-electron chi connectivity index (χ4n) is 3.11. The predicted octanol–water partition coefficient (Wildman–Crippen LogP) is 5.36. The van der Waals surface area contributed by atoms with E-state index in [-0.39, 0.29) is 5.91 Å². The number of ether oxygens (including phenoxy) is 1. The molecule has 1 N–H and O–H groups in total. The van der Waals surface area contributed by atoms with Gasteiger partial charge in [0.1, 0.15) is 5.75 Å². The fraction of sp³-hybridized carbons (Fsp3) is 0.182. The molecule has 0 spiro atoms. The van der Waals surface area contributed by atoms with Crippen molar-refractivity contribution in [3.63, 3.8) is 0 Å². The van der Waals surface area contributed by atoms with Crippen LogP contribution in [0.1, 0.15) is 12.1 Å². The molecule has 29 heavy (non-hydrogen) atoms. The standard InChI is InChI=1S/C22H21N3O2S2/c1-27-17-10-7-15(8-11-17)19-13-25-16(14-29-22(25)24-19)9-12-21(26)23-18-5-3-4-6-20(18)28-2/h3-8,10-11,13-14H,9,12H2,1-2H3,(H,23,26). The van der Waals surface area contributed by atoms with Crippen LogP contribution in [0.2, 0.25) is 0 Å². The molecule has 0 radical (unpaired) electrons. The first-order valence-electron chi connectivity index (χ1n) is 9.20. The highest BCUT2D eigenvalue weighted by molar-refractivity contribution is 7.98. The van der Waals surface area contributed by atoms with Gasteiger partial charge in [-0.05, 0) is 49.1 Å². The van der Waals surface area contributed by atoms with Crippen LogP contribution in [0.4, 0.5) is 5.69 Å². The summed E-state index contributed by atoms with van der Waals surface area (Å²) in [6, 6.07) is 15.7. The predicted molar refractivity (Wildman–Crippen MR) is 120 cm³/mol. The number of nitrogens with zero attached hydrogens (tertiary/aromatic N) is 2. The van der Waals surface area contributed by atoms with Crippen LogP contribution in [0.25, 0.3) is 16.2 Å². The number of hydrogen-bond donors (Lipinski definition) is 1. The quantitative estimate of drug-likeness (QED) is 0.406. The molecule has 4 aromatic rings. The van der Waals surface area contributed by atoms with Crippen LogP contribution in [0.5, 0.6) is 5.75 Å². The van der Waals surface area contributed by atoms with Crippen LogP contribution in [-0.4, -0.2) is 28.7 Å². The van der Waals surface area contributed by atoms with Gasteiger partial charge in [-0.3, -0.25) is 9.20 Å². The molecule has 2 aromatic heterocycles. The average Bonchev–Trinajstić information content (AvgIpc) is 3.34. The first-order valence-corrected chi connectivity index (χ1v) is 11.3. The third kappa shape index (κ3) is 4.31. The number of carbonyl (C=O) groups is 1. The summed E-state index contributed by atoms with van der Waals surface area (Å²) in [5.41, 5.74) is 3.91. The number of anilines is 1. The van der Waals surface area contributed by atoms with Crippen LogP contribution in [0, 0.1) is 0 Å². The molecule has 0 fully saturated rings. The summed E-state index contributed by atoms with van der Waals surface area (Å²) in [5, 5.41) is 5.09. The lowest BCUT2D eigenvalue weighted by Crippen LogP contribution is -2.13. The molecule has 148 valence electrons. The van der Waals surface area contributed by atoms with E-state index in [1.165, 1.54) is 0 Å². The third-order valence-electron chi connectivity index (χ3n) is 4.66. The SMILES string of the molecule is COc1ccc(-c2cn3c(CCC(=O)Nc4ccccc4SC)csc3n2)cc1. The minimum absolute atomic E-state index is 0.0151. The Hall–Kier alpha value is -2.77. The molecule has 5 nitrogen and oxygen atoms in total. The van der Waals surface area contributed by atoms with E-state index in [1.54, 1.807) is 30.2 Å². The van der Waals surface area contributed by atoms with Crippen molar-refractivity contribution >= 4 is 39.7 Å². The number of methoxy groups -OCH3 is 1. The number of hydrogen-bond acceptors (Lipinski definition) is 5. The molecular formula is C22H21N3O2S2. The van der Waals surface area contributed by atoms with Gasteiger partial charge >= 0.3 is 0 Å². The summed E-state index contributed by atoms with van der Waals surface area (Å²) in [6.07, 6.45) is 5.12. The first kappa shape index (κ1) is 19.5. The van der Waals surface area contributed by atoms with Crippen molar-refractivity contribution in [1.29, 1.82) is 0 Å². The van der Waals surface area contributed by atoms with Crippen molar-refractivity contribution < 1.29 is 9.53 Å². The molecular weight excluding hydrogens is 402 g/mol. The van der Waals surface area contributed by atoms with Gasteiger partial charge in [0.05, 0.1) is 18.5 Å². The second-order valence-electron chi connectivity index (χ2n) is 6.48. The van der Waals surface area contributed by atoms with Crippen LogP contribution >= 0.6 is 23.1 Å². The maximum absolute atomic E-state index is 12.4. The molecule has 2 aromatic carbocycles.